The largest absolute Gasteiger partial charge is 0.489 e. The summed E-state index contributed by atoms with van der Waals surface area (Å²) in [6, 6.07) is 14.5. The van der Waals surface area contributed by atoms with Crippen molar-refractivity contribution in [2.24, 2.45) is 4.99 Å². The number of nitriles is 2. The zero-order valence-electron chi connectivity index (χ0n) is 16.6. The molecule has 0 saturated carbocycles. The summed E-state index contributed by atoms with van der Waals surface area (Å²) in [4.78, 5) is 8.74. The van der Waals surface area contributed by atoms with E-state index in [1.165, 1.54) is 12.1 Å². The van der Waals surface area contributed by atoms with Gasteiger partial charge in [0.2, 0.25) is 5.96 Å². The molecule has 2 heterocycles. The van der Waals surface area contributed by atoms with Crippen LogP contribution in [0, 0.1) is 28.6 Å². The maximum absolute atomic E-state index is 13.0. The third-order valence-corrected chi connectivity index (χ3v) is 4.87. The highest BCUT2D eigenvalue weighted by atomic mass is 19.1. The van der Waals surface area contributed by atoms with Crippen LogP contribution in [0.4, 0.5) is 21.7 Å². The van der Waals surface area contributed by atoms with Crippen molar-refractivity contribution >= 4 is 23.3 Å². The molecule has 9 nitrogen and oxygen atoms in total. The number of nitrogens with zero attached hydrogens (tertiary/aromatic N) is 4. The van der Waals surface area contributed by atoms with Gasteiger partial charge in [-0.3, -0.25) is 5.32 Å². The Hall–Kier alpha value is -4.83. The van der Waals surface area contributed by atoms with Crippen LogP contribution in [0.1, 0.15) is 28.3 Å². The van der Waals surface area contributed by atoms with Gasteiger partial charge in [0.05, 0.1) is 5.69 Å². The number of hydrogen-bond acceptors (Lipinski definition) is 9. The van der Waals surface area contributed by atoms with Gasteiger partial charge in [-0.05, 0) is 35.4 Å². The smallest absolute Gasteiger partial charge is 0.211 e. The van der Waals surface area contributed by atoms with Gasteiger partial charge in [-0.1, -0.05) is 24.3 Å². The molecular formula is C22H17FN8O. The molecule has 4 rings (SSSR count). The maximum atomic E-state index is 13.0. The molecule has 0 aliphatic carbocycles. The van der Waals surface area contributed by atoms with Gasteiger partial charge in [-0.15, -0.1) is 0 Å². The average molecular weight is 428 g/mol. The van der Waals surface area contributed by atoms with E-state index in [1.54, 1.807) is 12.1 Å². The second-order valence-corrected chi connectivity index (χ2v) is 6.89. The third kappa shape index (κ3) is 3.93. The summed E-state index contributed by atoms with van der Waals surface area (Å²) in [7, 11) is 0. The molecule has 0 bridgehead atoms. The molecule has 1 atom stereocenters. The fourth-order valence-corrected chi connectivity index (χ4v) is 3.32. The predicted molar refractivity (Wildman–Crippen MR) is 117 cm³/mol. The van der Waals surface area contributed by atoms with Crippen molar-refractivity contribution in [2.75, 3.05) is 16.8 Å². The van der Waals surface area contributed by atoms with Crippen molar-refractivity contribution in [3.8, 4) is 18.0 Å². The molecular weight excluding hydrogens is 411 g/mol. The number of fused-ring (bicyclic) bond motifs is 1. The number of hydrogen-bond donors (Lipinski definition) is 4. The SMILES string of the molecule is N#CNC1=NC(c2ccc(COc3ccc(F)cc3)cc2)c2c(nc(N)c(C#N)c2N)N1. The van der Waals surface area contributed by atoms with Crippen LogP contribution in [0.15, 0.2) is 53.5 Å². The van der Waals surface area contributed by atoms with E-state index in [-0.39, 0.29) is 35.5 Å². The number of guanidine groups is 1. The van der Waals surface area contributed by atoms with Crippen LogP contribution in [-0.4, -0.2) is 10.9 Å². The van der Waals surface area contributed by atoms with Crippen molar-refractivity contribution in [3.05, 3.63) is 76.6 Å². The van der Waals surface area contributed by atoms with E-state index in [0.717, 1.165) is 11.1 Å². The molecule has 0 fully saturated rings. The number of aliphatic imine (C=N–C) groups is 1. The predicted octanol–water partition coefficient (Wildman–Crippen LogP) is 2.78. The number of nitrogens with one attached hydrogen (secondary N) is 2. The van der Waals surface area contributed by atoms with E-state index < -0.39 is 6.04 Å². The average Bonchev–Trinajstić information content (AvgIpc) is 2.79. The number of nitrogens with two attached hydrogens (primary N) is 2. The van der Waals surface area contributed by atoms with Gasteiger partial charge in [0.25, 0.3) is 0 Å². The van der Waals surface area contributed by atoms with E-state index in [9.17, 15) is 9.65 Å². The molecule has 10 heteroatoms. The lowest BCUT2D eigenvalue weighted by molar-refractivity contribution is 0.305. The van der Waals surface area contributed by atoms with E-state index in [1.807, 2.05) is 36.5 Å². The summed E-state index contributed by atoms with van der Waals surface area (Å²) in [6.45, 7) is 0.290. The number of benzene rings is 2. The highest BCUT2D eigenvalue weighted by molar-refractivity contribution is 5.98. The second-order valence-electron chi connectivity index (χ2n) is 6.89. The third-order valence-electron chi connectivity index (χ3n) is 4.87. The monoisotopic (exact) mass is 428 g/mol. The van der Waals surface area contributed by atoms with E-state index in [4.69, 9.17) is 21.5 Å². The molecule has 0 amide bonds. The van der Waals surface area contributed by atoms with E-state index in [0.29, 0.717) is 17.1 Å². The highest BCUT2D eigenvalue weighted by Crippen LogP contribution is 2.40. The molecule has 2 aromatic carbocycles. The molecule has 1 aliphatic rings. The molecule has 0 saturated heterocycles. The van der Waals surface area contributed by atoms with Crippen molar-refractivity contribution in [2.45, 2.75) is 12.6 Å². The number of aromatic nitrogens is 1. The Morgan fingerprint density at radius 1 is 1.09 bits per heavy atom. The summed E-state index contributed by atoms with van der Waals surface area (Å²) in [5.74, 6) is 0.719. The van der Waals surface area contributed by atoms with E-state index >= 15 is 0 Å². The van der Waals surface area contributed by atoms with Crippen molar-refractivity contribution in [3.63, 3.8) is 0 Å². The molecule has 0 spiro atoms. The lowest BCUT2D eigenvalue weighted by Gasteiger charge is -2.26. The Labute approximate surface area is 182 Å². The van der Waals surface area contributed by atoms with Gasteiger partial charge >= 0.3 is 0 Å². The highest BCUT2D eigenvalue weighted by Gasteiger charge is 2.29. The number of halogens is 1. The topological polar surface area (TPSA) is 158 Å². The zero-order valence-corrected chi connectivity index (χ0v) is 16.6. The van der Waals surface area contributed by atoms with Crippen LogP contribution in [0.25, 0.3) is 0 Å². The number of ether oxygens (including phenoxy) is 1. The van der Waals surface area contributed by atoms with Crippen LogP contribution >= 0.6 is 0 Å². The molecule has 3 aromatic rings. The van der Waals surface area contributed by atoms with Crippen molar-refractivity contribution < 1.29 is 9.13 Å². The first-order valence-electron chi connectivity index (χ1n) is 9.46. The normalized spacial score (nSPS) is 14.2. The lowest BCUT2D eigenvalue weighted by Crippen LogP contribution is -2.32. The first-order valence-corrected chi connectivity index (χ1v) is 9.46. The fourth-order valence-electron chi connectivity index (χ4n) is 3.32. The van der Waals surface area contributed by atoms with Crippen molar-refractivity contribution in [1.29, 1.82) is 10.5 Å². The number of rotatable bonds is 4. The van der Waals surface area contributed by atoms with Crippen LogP contribution in [0.2, 0.25) is 0 Å². The Kier molecular flexibility index (Phi) is 5.43. The summed E-state index contributed by atoms with van der Waals surface area (Å²) >= 11 is 0. The standard InChI is InChI=1S/C22H17FN8O/c23-14-5-7-15(8-6-14)32-10-12-1-3-13(4-2-12)19-17-18(26)16(9-24)20(27)30-21(17)31-22(29-19)28-11-25/h1-8,19H,10H2,(H6,26,27,28,29,30,31). The molecule has 1 aromatic heterocycles. The quantitative estimate of drug-likeness (QED) is 0.365. The summed E-state index contributed by atoms with van der Waals surface area (Å²) in [6.07, 6.45) is 1.81. The first-order chi connectivity index (χ1) is 15.5. The fraction of sp³-hybridized carbons (Fsp3) is 0.0909. The summed E-state index contributed by atoms with van der Waals surface area (Å²) in [5, 5.41) is 23.7. The maximum Gasteiger partial charge on any atom is 0.211 e. The van der Waals surface area contributed by atoms with Crippen LogP contribution in [0.3, 0.4) is 0 Å². The van der Waals surface area contributed by atoms with Crippen LogP contribution in [0.5, 0.6) is 5.75 Å². The molecule has 158 valence electrons. The van der Waals surface area contributed by atoms with Gasteiger partial charge in [0, 0.05) is 5.56 Å². The molecule has 1 unspecified atom stereocenters. The Morgan fingerprint density at radius 2 is 1.81 bits per heavy atom. The van der Waals surface area contributed by atoms with Gasteiger partial charge in [-0.25, -0.2) is 14.4 Å². The summed E-state index contributed by atoms with van der Waals surface area (Å²) in [5.41, 5.74) is 14.5. The zero-order chi connectivity index (χ0) is 22.7. The van der Waals surface area contributed by atoms with Crippen molar-refractivity contribution in [1.82, 2.24) is 10.3 Å². The molecule has 6 N–H and O–H groups in total. The molecule has 1 aliphatic heterocycles. The van der Waals surface area contributed by atoms with Gasteiger partial charge in [-0.2, -0.15) is 10.5 Å². The number of pyridine rings is 1. The number of anilines is 3. The summed E-state index contributed by atoms with van der Waals surface area (Å²) < 4.78 is 18.7. The van der Waals surface area contributed by atoms with Crippen LogP contribution in [-0.2, 0) is 6.61 Å². The van der Waals surface area contributed by atoms with Gasteiger partial charge < -0.3 is 21.5 Å². The minimum Gasteiger partial charge on any atom is -0.489 e. The minimum absolute atomic E-state index is 0.0125. The Balaban J connectivity index is 1.64. The van der Waals surface area contributed by atoms with Gasteiger partial charge in [0.1, 0.15) is 47.5 Å². The number of nitrogen functional groups attached to an aromatic ring is 2. The van der Waals surface area contributed by atoms with Gasteiger partial charge in [0.15, 0.2) is 6.19 Å². The first kappa shape index (κ1) is 20.4. The minimum atomic E-state index is -0.616. The molecule has 32 heavy (non-hydrogen) atoms. The molecule has 0 radical (unpaired) electrons. The lowest BCUT2D eigenvalue weighted by atomic mass is 9.94. The van der Waals surface area contributed by atoms with Crippen LogP contribution < -0.4 is 26.8 Å². The van der Waals surface area contributed by atoms with E-state index in [2.05, 4.69) is 20.6 Å². The Bertz CT molecular complexity index is 1270. The Morgan fingerprint density at radius 3 is 2.47 bits per heavy atom. The second kappa shape index (κ2) is 8.50.